The van der Waals surface area contributed by atoms with Gasteiger partial charge in [-0.1, -0.05) is 24.3 Å². The predicted octanol–water partition coefficient (Wildman–Crippen LogP) is 1.58. The summed E-state index contributed by atoms with van der Waals surface area (Å²) in [6.45, 7) is 7.86. The van der Waals surface area contributed by atoms with Gasteiger partial charge in [-0.2, -0.15) is 0 Å². The molecule has 114 valence electrons. The second kappa shape index (κ2) is 7.74. The number of rotatable bonds is 7. The van der Waals surface area contributed by atoms with Gasteiger partial charge in [0.25, 0.3) is 0 Å². The molecule has 0 bridgehead atoms. The fraction of sp³-hybridized carbons (Fsp3) is 0.625. The number of aliphatic hydroxyl groups excluding tert-OH is 2. The SMILES string of the molecule is CNCCC(O)C(O)c1ccc(CNC(C)(C)C)cc1. The van der Waals surface area contributed by atoms with E-state index in [-0.39, 0.29) is 5.54 Å². The highest BCUT2D eigenvalue weighted by Crippen LogP contribution is 2.19. The van der Waals surface area contributed by atoms with E-state index in [2.05, 4.69) is 31.4 Å². The molecule has 0 fully saturated rings. The van der Waals surface area contributed by atoms with Crippen molar-refractivity contribution in [2.75, 3.05) is 13.6 Å². The highest BCUT2D eigenvalue weighted by Gasteiger charge is 2.17. The van der Waals surface area contributed by atoms with Crippen LogP contribution in [0.2, 0.25) is 0 Å². The van der Waals surface area contributed by atoms with E-state index in [1.807, 2.05) is 31.3 Å². The Kier molecular flexibility index (Phi) is 6.62. The maximum Gasteiger partial charge on any atom is 0.105 e. The third-order valence-electron chi connectivity index (χ3n) is 3.20. The minimum absolute atomic E-state index is 0.0849. The standard InChI is InChI=1S/C16H28N2O2/c1-16(2,3)18-11-12-5-7-13(8-6-12)15(20)14(19)9-10-17-4/h5-8,14-15,17-20H,9-11H2,1-4H3. The van der Waals surface area contributed by atoms with Crippen molar-refractivity contribution in [2.24, 2.45) is 0 Å². The van der Waals surface area contributed by atoms with E-state index in [0.29, 0.717) is 13.0 Å². The summed E-state index contributed by atoms with van der Waals surface area (Å²) in [6, 6.07) is 7.74. The molecule has 2 atom stereocenters. The van der Waals surface area contributed by atoms with E-state index in [1.54, 1.807) is 0 Å². The topological polar surface area (TPSA) is 64.5 Å². The fourth-order valence-electron chi connectivity index (χ4n) is 1.87. The summed E-state index contributed by atoms with van der Waals surface area (Å²) in [5, 5.41) is 26.3. The zero-order valence-electron chi connectivity index (χ0n) is 13.0. The van der Waals surface area contributed by atoms with Gasteiger partial charge in [-0.15, -0.1) is 0 Å². The van der Waals surface area contributed by atoms with Crippen molar-refractivity contribution >= 4 is 0 Å². The van der Waals surface area contributed by atoms with Gasteiger partial charge >= 0.3 is 0 Å². The summed E-state index contributed by atoms with van der Waals surface area (Å²) in [7, 11) is 1.83. The lowest BCUT2D eigenvalue weighted by Crippen LogP contribution is -2.35. The van der Waals surface area contributed by atoms with Crippen LogP contribution in [0.1, 0.15) is 44.4 Å². The fourth-order valence-corrected chi connectivity index (χ4v) is 1.87. The molecule has 2 unspecified atom stereocenters. The van der Waals surface area contributed by atoms with Crippen molar-refractivity contribution in [1.29, 1.82) is 0 Å². The second-order valence-corrected chi connectivity index (χ2v) is 6.25. The van der Waals surface area contributed by atoms with Gasteiger partial charge in [-0.25, -0.2) is 0 Å². The lowest BCUT2D eigenvalue weighted by atomic mass is 10.0. The molecule has 0 amide bonds. The second-order valence-electron chi connectivity index (χ2n) is 6.25. The van der Waals surface area contributed by atoms with E-state index in [0.717, 1.165) is 12.1 Å². The third kappa shape index (κ3) is 6.01. The quantitative estimate of drug-likeness (QED) is 0.612. The first-order valence-corrected chi connectivity index (χ1v) is 7.18. The largest absolute Gasteiger partial charge is 0.390 e. The van der Waals surface area contributed by atoms with Crippen LogP contribution in [-0.4, -0.2) is 35.4 Å². The Labute approximate surface area is 122 Å². The Morgan fingerprint density at radius 3 is 2.20 bits per heavy atom. The molecule has 0 aromatic heterocycles. The monoisotopic (exact) mass is 280 g/mol. The van der Waals surface area contributed by atoms with Crippen LogP contribution in [0.25, 0.3) is 0 Å². The highest BCUT2D eigenvalue weighted by molar-refractivity contribution is 5.24. The Morgan fingerprint density at radius 2 is 1.70 bits per heavy atom. The predicted molar refractivity (Wildman–Crippen MR) is 82.5 cm³/mol. The lowest BCUT2D eigenvalue weighted by molar-refractivity contribution is 0.0140. The molecule has 0 saturated carbocycles. The molecule has 4 N–H and O–H groups in total. The molecule has 1 aromatic carbocycles. The summed E-state index contributed by atoms with van der Waals surface area (Å²) in [4.78, 5) is 0. The molecular weight excluding hydrogens is 252 g/mol. The lowest BCUT2D eigenvalue weighted by Gasteiger charge is -2.21. The maximum absolute atomic E-state index is 10.1. The summed E-state index contributed by atoms with van der Waals surface area (Å²) in [6.07, 6.45) is -1.03. The van der Waals surface area contributed by atoms with E-state index in [1.165, 1.54) is 5.56 Å². The van der Waals surface area contributed by atoms with E-state index in [4.69, 9.17) is 0 Å². The van der Waals surface area contributed by atoms with Crippen LogP contribution in [-0.2, 0) is 6.54 Å². The average Bonchev–Trinajstić information content (AvgIpc) is 2.41. The Bertz CT molecular complexity index is 384. The summed E-state index contributed by atoms with van der Waals surface area (Å²) in [5.74, 6) is 0. The summed E-state index contributed by atoms with van der Waals surface area (Å²) >= 11 is 0. The van der Waals surface area contributed by atoms with Crippen LogP contribution in [0.4, 0.5) is 0 Å². The van der Waals surface area contributed by atoms with Crippen LogP contribution in [0, 0.1) is 0 Å². The van der Waals surface area contributed by atoms with Gasteiger partial charge in [0.2, 0.25) is 0 Å². The Hall–Kier alpha value is -0.940. The zero-order valence-corrected chi connectivity index (χ0v) is 13.0. The normalized spacial score (nSPS) is 15.1. The molecule has 0 radical (unpaired) electrons. The van der Waals surface area contributed by atoms with Gasteiger partial charge in [-0.05, 0) is 51.9 Å². The zero-order chi connectivity index (χ0) is 15.2. The van der Waals surface area contributed by atoms with Gasteiger partial charge in [0.05, 0.1) is 6.10 Å². The Balaban J connectivity index is 2.57. The molecule has 1 aromatic rings. The molecule has 4 heteroatoms. The number of aliphatic hydroxyl groups is 2. The number of hydrogen-bond donors (Lipinski definition) is 4. The van der Waals surface area contributed by atoms with Crippen molar-refractivity contribution < 1.29 is 10.2 Å². The van der Waals surface area contributed by atoms with Gasteiger partial charge in [0, 0.05) is 12.1 Å². The van der Waals surface area contributed by atoms with E-state index < -0.39 is 12.2 Å². The van der Waals surface area contributed by atoms with Crippen LogP contribution in [0.3, 0.4) is 0 Å². The molecule has 0 heterocycles. The molecule has 1 rings (SSSR count). The minimum Gasteiger partial charge on any atom is -0.390 e. The Morgan fingerprint density at radius 1 is 1.10 bits per heavy atom. The molecule has 0 saturated heterocycles. The van der Waals surface area contributed by atoms with Crippen molar-refractivity contribution in [3.63, 3.8) is 0 Å². The first kappa shape index (κ1) is 17.1. The van der Waals surface area contributed by atoms with Gasteiger partial charge < -0.3 is 20.8 Å². The first-order chi connectivity index (χ1) is 9.33. The number of benzene rings is 1. The van der Waals surface area contributed by atoms with Crippen LogP contribution >= 0.6 is 0 Å². The van der Waals surface area contributed by atoms with Crippen molar-refractivity contribution in [3.8, 4) is 0 Å². The molecule has 4 nitrogen and oxygen atoms in total. The molecule has 0 aliphatic rings. The average molecular weight is 280 g/mol. The van der Waals surface area contributed by atoms with Crippen LogP contribution in [0.15, 0.2) is 24.3 Å². The number of nitrogens with one attached hydrogen (secondary N) is 2. The number of hydrogen-bond acceptors (Lipinski definition) is 4. The van der Waals surface area contributed by atoms with Crippen molar-refractivity contribution in [2.45, 2.75) is 51.5 Å². The van der Waals surface area contributed by atoms with Crippen molar-refractivity contribution in [3.05, 3.63) is 35.4 Å². The van der Waals surface area contributed by atoms with Crippen LogP contribution < -0.4 is 10.6 Å². The molecule has 0 aliphatic heterocycles. The molecular formula is C16H28N2O2. The minimum atomic E-state index is -0.826. The molecule has 20 heavy (non-hydrogen) atoms. The van der Waals surface area contributed by atoms with Gasteiger partial charge in [0.15, 0.2) is 0 Å². The van der Waals surface area contributed by atoms with Gasteiger partial charge in [-0.3, -0.25) is 0 Å². The van der Waals surface area contributed by atoms with E-state index >= 15 is 0 Å². The third-order valence-corrected chi connectivity index (χ3v) is 3.20. The molecule has 0 aliphatic carbocycles. The first-order valence-electron chi connectivity index (χ1n) is 7.18. The van der Waals surface area contributed by atoms with Crippen LogP contribution in [0.5, 0.6) is 0 Å². The van der Waals surface area contributed by atoms with Crippen molar-refractivity contribution in [1.82, 2.24) is 10.6 Å². The summed E-state index contributed by atoms with van der Waals surface area (Å²) in [5.41, 5.74) is 2.01. The van der Waals surface area contributed by atoms with E-state index in [9.17, 15) is 10.2 Å². The maximum atomic E-state index is 10.1. The van der Waals surface area contributed by atoms with Gasteiger partial charge in [0.1, 0.15) is 6.10 Å². The summed E-state index contributed by atoms with van der Waals surface area (Å²) < 4.78 is 0. The smallest absolute Gasteiger partial charge is 0.105 e. The molecule has 0 spiro atoms. The highest BCUT2D eigenvalue weighted by atomic mass is 16.3.